The molecule has 0 saturated carbocycles. The number of carbonyl (C=O) groups is 2. The number of unbranched alkanes of at least 4 members (excludes halogenated alkanes) is 25. The molecule has 0 aromatic heterocycles. The highest BCUT2D eigenvalue weighted by Gasteiger charge is 2.46. The third kappa shape index (κ3) is 24.2. The van der Waals surface area contributed by atoms with Gasteiger partial charge in [-0.05, 0) is 33.1 Å². The second-order valence-electron chi connectivity index (χ2n) is 14.3. The van der Waals surface area contributed by atoms with Gasteiger partial charge in [0, 0.05) is 12.3 Å². The van der Waals surface area contributed by atoms with E-state index in [1.54, 1.807) is 0 Å². The Hall–Kier alpha value is -1.06. The Labute approximate surface area is 276 Å². The molecule has 1 unspecified atom stereocenters. The van der Waals surface area contributed by atoms with Crippen LogP contribution in [0.25, 0.3) is 0 Å². The zero-order valence-electron chi connectivity index (χ0n) is 30.8. The zero-order chi connectivity index (χ0) is 32.7. The molecule has 0 aromatic rings. The van der Waals surface area contributed by atoms with E-state index in [-0.39, 0.29) is 24.0 Å². The Kier molecular flexibility index (Phi) is 29.8. The van der Waals surface area contributed by atoms with E-state index in [2.05, 4.69) is 13.8 Å². The van der Waals surface area contributed by atoms with Crippen molar-refractivity contribution in [3.05, 3.63) is 0 Å². The minimum atomic E-state index is -1.17. The van der Waals surface area contributed by atoms with Crippen LogP contribution in [0.15, 0.2) is 0 Å². The highest BCUT2D eigenvalue weighted by Crippen LogP contribution is 2.32. The fourth-order valence-electron chi connectivity index (χ4n) is 6.27. The third-order valence-corrected chi connectivity index (χ3v) is 9.30. The van der Waals surface area contributed by atoms with E-state index in [1.165, 1.54) is 148 Å². The number of ether oxygens (including phenoxy) is 2. The molecule has 0 spiro atoms. The Morgan fingerprint density at radius 1 is 0.477 bits per heavy atom. The first-order valence-electron chi connectivity index (χ1n) is 19.7. The van der Waals surface area contributed by atoms with Crippen molar-refractivity contribution < 1.29 is 19.1 Å². The van der Waals surface area contributed by atoms with Crippen molar-refractivity contribution in [1.82, 2.24) is 0 Å². The highest BCUT2D eigenvalue weighted by molar-refractivity contribution is 5.84. The summed E-state index contributed by atoms with van der Waals surface area (Å²) in [5, 5.41) is 0. The fourth-order valence-corrected chi connectivity index (χ4v) is 6.27. The van der Waals surface area contributed by atoms with Gasteiger partial charge < -0.3 is 9.47 Å². The first kappa shape index (κ1) is 42.9. The molecule has 0 rings (SSSR count). The molecule has 44 heavy (non-hydrogen) atoms. The standard InChI is InChI=1S/C40H78O4/c1-7-9-11-13-15-17-19-21-23-25-27-29-31-33-35-40(36(3)4,39(42)43-37(5)6)44-38(41)34-32-30-28-26-24-22-20-18-16-14-12-10-8-2/h36-37H,7-35H2,1-6H3. The lowest BCUT2D eigenvalue weighted by Crippen LogP contribution is -2.49. The smallest absolute Gasteiger partial charge is 0.351 e. The van der Waals surface area contributed by atoms with Gasteiger partial charge in [-0.15, -0.1) is 0 Å². The van der Waals surface area contributed by atoms with Crippen LogP contribution in [0.3, 0.4) is 0 Å². The topological polar surface area (TPSA) is 52.6 Å². The van der Waals surface area contributed by atoms with E-state index in [0.29, 0.717) is 12.8 Å². The molecule has 0 heterocycles. The predicted octanol–water partition coefficient (Wildman–Crippen LogP) is 13.2. The van der Waals surface area contributed by atoms with Gasteiger partial charge in [0.25, 0.3) is 0 Å². The van der Waals surface area contributed by atoms with E-state index in [1.807, 2.05) is 27.7 Å². The maximum absolute atomic E-state index is 13.3. The van der Waals surface area contributed by atoms with Crippen molar-refractivity contribution in [2.45, 2.75) is 239 Å². The summed E-state index contributed by atoms with van der Waals surface area (Å²) in [6.45, 7) is 12.3. The summed E-state index contributed by atoms with van der Waals surface area (Å²) >= 11 is 0. The van der Waals surface area contributed by atoms with Gasteiger partial charge in [0.05, 0.1) is 6.10 Å². The van der Waals surface area contributed by atoms with Crippen LogP contribution in [-0.2, 0) is 19.1 Å². The van der Waals surface area contributed by atoms with Crippen LogP contribution >= 0.6 is 0 Å². The number of carbonyl (C=O) groups excluding carboxylic acids is 2. The summed E-state index contributed by atoms with van der Waals surface area (Å²) in [7, 11) is 0. The molecule has 1 atom stereocenters. The van der Waals surface area contributed by atoms with Gasteiger partial charge >= 0.3 is 11.9 Å². The van der Waals surface area contributed by atoms with Crippen LogP contribution in [-0.4, -0.2) is 23.6 Å². The molecule has 4 heteroatoms. The Balaban J connectivity index is 4.31. The minimum absolute atomic E-state index is 0.119. The minimum Gasteiger partial charge on any atom is -0.460 e. The largest absolute Gasteiger partial charge is 0.460 e. The molecule has 0 aliphatic carbocycles. The molecule has 0 bridgehead atoms. The van der Waals surface area contributed by atoms with Gasteiger partial charge in [0.15, 0.2) is 0 Å². The van der Waals surface area contributed by atoms with Crippen LogP contribution in [0.4, 0.5) is 0 Å². The Morgan fingerprint density at radius 3 is 1.11 bits per heavy atom. The summed E-state index contributed by atoms with van der Waals surface area (Å²) in [6.07, 6.45) is 35.4. The molecule has 0 aliphatic heterocycles. The predicted molar refractivity (Wildman–Crippen MR) is 190 cm³/mol. The van der Waals surface area contributed by atoms with E-state index in [0.717, 1.165) is 25.7 Å². The third-order valence-electron chi connectivity index (χ3n) is 9.30. The van der Waals surface area contributed by atoms with Gasteiger partial charge in [-0.3, -0.25) is 4.79 Å². The van der Waals surface area contributed by atoms with Gasteiger partial charge in [-0.1, -0.05) is 188 Å². The summed E-state index contributed by atoms with van der Waals surface area (Å²) in [6, 6.07) is 0. The summed E-state index contributed by atoms with van der Waals surface area (Å²) in [4.78, 5) is 26.3. The van der Waals surface area contributed by atoms with E-state index in [9.17, 15) is 9.59 Å². The Bertz CT molecular complexity index is 643. The second-order valence-corrected chi connectivity index (χ2v) is 14.3. The SMILES string of the molecule is CCCCCCCCCCCCCCCCC(OC(=O)CCCCCCCCCCCCCCC)(C(=O)OC(C)C)C(C)C. The normalized spacial score (nSPS) is 13.0. The maximum Gasteiger partial charge on any atom is 0.351 e. The van der Waals surface area contributed by atoms with Crippen molar-refractivity contribution in [1.29, 1.82) is 0 Å². The van der Waals surface area contributed by atoms with Crippen molar-refractivity contribution in [2.75, 3.05) is 0 Å². The quantitative estimate of drug-likeness (QED) is 0.0539. The Morgan fingerprint density at radius 2 is 0.795 bits per heavy atom. The molecule has 0 saturated heterocycles. The van der Waals surface area contributed by atoms with Crippen molar-refractivity contribution in [3.8, 4) is 0 Å². The molecule has 0 N–H and O–H groups in total. The number of rotatable bonds is 33. The van der Waals surface area contributed by atoms with E-state index < -0.39 is 5.60 Å². The lowest BCUT2D eigenvalue weighted by molar-refractivity contribution is -0.193. The van der Waals surface area contributed by atoms with Crippen molar-refractivity contribution >= 4 is 11.9 Å². The van der Waals surface area contributed by atoms with Crippen LogP contribution < -0.4 is 0 Å². The molecular formula is C40H78O4. The zero-order valence-corrected chi connectivity index (χ0v) is 30.8. The monoisotopic (exact) mass is 623 g/mol. The summed E-state index contributed by atoms with van der Waals surface area (Å²) in [5.41, 5.74) is -1.17. The van der Waals surface area contributed by atoms with Crippen molar-refractivity contribution in [2.24, 2.45) is 5.92 Å². The van der Waals surface area contributed by atoms with Crippen LogP contribution in [0.1, 0.15) is 228 Å². The molecule has 0 fully saturated rings. The lowest BCUT2D eigenvalue weighted by Gasteiger charge is -2.35. The lowest BCUT2D eigenvalue weighted by atomic mass is 9.84. The van der Waals surface area contributed by atoms with Gasteiger partial charge in [0.1, 0.15) is 0 Å². The fraction of sp³-hybridized carbons (Fsp3) is 0.950. The number of hydrogen-bond donors (Lipinski definition) is 0. The first-order valence-corrected chi connectivity index (χ1v) is 19.7. The van der Waals surface area contributed by atoms with E-state index >= 15 is 0 Å². The average molecular weight is 623 g/mol. The van der Waals surface area contributed by atoms with Gasteiger partial charge in [-0.25, -0.2) is 4.79 Å². The summed E-state index contributed by atoms with van der Waals surface area (Å²) in [5.74, 6) is -0.727. The molecule has 262 valence electrons. The van der Waals surface area contributed by atoms with E-state index in [4.69, 9.17) is 9.47 Å². The molecule has 0 amide bonds. The van der Waals surface area contributed by atoms with Gasteiger partial charge in [0.2, 0.25) is 5.60 Å². The van der Waals surface area contributed by atoms with Crippen molar-refractivity contribution in [3.63, 3.8) is 0 Å². The molecule has 0 aliphatic rings. The van der Waals surface area contributed by atoms with Crippen LogP contribution in [0, 0.1) is 5.92 Å². The van der Waals surface area contributed by atoms with Crippen LogP contribution in [0.2, 0.25) is 0 Å². The number of hydrogen-bond acceptors (Lipinski definition) is 4. The molecular weight excluding hydrogens is 544 g/mol. The van der Waals surface area contributed by atoms with Crippen LogP contribution in [0.5, 0.6) is 0 Å². The highest BCUT2D eigenvalue weighted by atomic mass is 16.6. The average Bonchev–Trinajstić information content (AvgIpc) is 2.98. The summed E-state index contributed by atoms with van der Waals surface area (Å²) < 4.78 is 11.7. The number of esters is 2. The molecule has 4 nitrogen and oxygen atoms in total. The molecule has 0 aromatic carbocycles. The van der Waals surface area contributed by atoms with Gasteiger partial charge in [-0.2, -0.15) is 0 Å². The second kappa shape index (κ2) is 30.6. The molecule has 0 radical (unpaired) electrons. The first-order chi connectivity index (χ1) is 21.3. The maximum atomic E-state index is 13.3.